The number of hydrogen-bond acceptors (Lipinski definition) is 5. The zero-order valence-corrected chi connectivity index (χ0v) is 14.1. The number of hydrogen-bond donors (Lipinski definition) is 1. The van der Waals surface area contributed by atoms with Gasteiger partial charge in [-0.15, -0.1) is 11.3 Å². The van der Waals surface area contributed by atoms with Crippen molar-refractivity contribution < 1.29 is 4.79 Å². The van der Waals surface area contributed by atoms with E-state index in [1.807, 2.05) is 12.1 Å². The zero-order valence-electron chi connectivity index (χ0n) is 13.2. The number of carbonyl (C=O) groups is 1. The highest BCUT2D eigenvalue weighted by Crippen LogP contribution is 2.29. The quantitative estimate of drug-likeness (QED) is 0.933. The van der Waals surface area contributed by atoms with Gasteiger partial charge >= 0.3 is 0 Å². The van der Waals surface area contributed by atoms with Gasteiger partial charge < -0.3 is 10.2 Å². The van der Waals surface area contributed by atoms with Crippen LogP contribution in [0.5, 0.6) is 0 Å². The van der Waals surface area contributed by atoms with Crippen molar-refractivity contribution in [1.82, 2.24) is 15.2 Å². The maximum Gasteiger partial charge on any atom is 0.280 e. The second-order valence-corrected chi connectivity index (χ2v) is 7.47. The van der Waals surface area contributed by atoms with Gasteiger partial charge in [0.25, 0.3) is 5.91 Å². The summed E-state index contributed by atoms with van der Waals surface area (Å²) in [7, 11) is 0. The standard InChI is InChI=1S/C18H18N4OS/c19-9-12-1-3-14(4-2-12)16-10-20-18(24-16)17(23)21-15-11-22-7-5-13(15)6-8-22/h1-4,10,13,15H,5-8,11H2,(H,21,23). The lowest BCUT2D eigenvalue weighted by Gasteiger charge is -2.44. The van der Waals surface area contributed by atoms with E-state index < -0.39 is 0 Å². The van der Waals surface area contributed by atoms with Gasteiger partial charge in [-0.3, -0.25) is 4.79 Å². The molecule has 24 heavy (non-hydrogen) atoms. The van der Waals surface area contributed by atoms with Crippen molar-refractivity contribution in [2.75, 3.05) is 19.6 Å². The topological polar surface area (TPSA) is 69.0 Å². The number of benzene rings is 1. The smallest absolute Gasteiger partial charge is 0.280 e. The molecule has 1 amide bonds. The van der Waals surface area contributed by atoms with Gasteiger partial charge in [0.05, 0.1) is 16.5 Å². The lowest BCUT2D eigenvalue weighted by molar-refractivity contribution is 0.0620. The second kappa shape index (κ2) is 6.34. The first-order valence-corrected chi connectivity index (χ1v) is 9.04. The number of aromatic nitrogens is 1. The van der Waals surface area contributed by atoms with Crippen molar-refractivity contribution in [2.24, 2.45) is 5.92 Å². The number of carbonyl (C=O) groups excluding carboxylic acids is 1. The van der Waals surface area contributed by atoms with Crippen LogP contribution < -0.4 is 5.32 Å². The number of nitriles is 1. The average Bonchev–Trinajstić information content (AvgIpc) is 3.13. The third-order valence-electron chi connectivity index (χ3n) is 4.97. The number of piperidine rings is 3. The molecule has 1 aromatic heterocycles. The number of amides is 1. The molecule has 5 nitrogen and oxygen atoms in total. The van der Waals surface area contributed by atoms with E-state index in [0.29, 0.717) is 16.5 Å². The molecule has 0 saturated carbocycles. The molecule has 3 saturated heterocycles. The number of rotatable bonds is 3. The molecule has 1 atom stereocenters. The van der Waals surface area contributed by atoms with E-state index in [1.165, 1.54) is 24.2 Å². The molecule has 3 aliphatic rings. The fraction of sp³-hybridized carbons (Fsp3) is 0.389. The molecule has 1 N–H and O–H groups in total. The Morgan fingerprint density at radius 3 is 2.67 bits per heavy atom. The summed E-state index contributed by atoms with van der Waals surface area (Å²) in [6.45, 7) is 3.29. The Balaban J connectivity index is 1.46. The Hall–Kier alpha value is -2.23. The van der Waals surface area contributed by atoms with Gasteiger partial charge in [-0.1, -0.05) is 12.1 Å². The summed E-state index contributed by atoms with van der Waals surface area (Å²) in [5, 5.41) is 12.5. The molecule has 1 unspecified atom stereocenters. The molecule has 3 aliphatic heterocycles. The van der Waals surface area contributed by atoms with Crippen LogP contribution in [0.4, 0.5) is 0 Å². The van der Waals surface area contributed by atoms with Crippen LogP contribution in [-0.2, 0) is 0 Å². The molecule has 1 aromatic carbocycles. The lowest BCUT2D eigenvalue weighted by Crippen LogP contribution is -2.57. The molecule has 0 spiro atoms. The van der Waals surface area contributed by atoms with Crippen LogP contribution in [-0.4, -0.2) is 41.5 Å². The van der Waals surface area contributed by atoms with E-state index in [2.05, 4.69) is 21.3 Å². The Morgan fingerprint density at radius 1 is 1.29 bits per heavy atom. The molecule has 2 aromatic rings. The monoisotopic (exact) mass is 338 g/mol. The van der Waals surface area contributed by atoms with Crippen LogP contribution in [0.1, 0.15) is 28.2 Å². The fourth-order valence-electron chi connectivity index (χ4n) is 3.58. The molecule has 6 heteroatoms. The normalized spacial score (nSPS) is 25.2. The van der Waals surface area contributed by atoms with E-state index in [-0.39, 0.29) is 11.9 Å². The maximum absolute atomic E-state index is 12.5. The highest BCUT2D eigenvalue weighted by atomic mass is 32.1. The maximum atomic E-state index is 12.5. The number of nitrogens with zero attached hydrogens (tertiary/aromatic N) is 3. The van der Waals surface area contributed by atoms with Crippen molar-refractivity contribution in [3.8, 4) is 16.5 Å². The molecule has 4 heterocycles. The van der Waals surface area contributed by atoms with Crippen LogP contribution >= 0.6 is 11.3 Å². The Kier molecular flexibility index (Phi) is 4.05. The van der Waals surface area contributed by atoms with Crippen LogP contribution in [0.3, 0.4) is 0 Å². The third-order valence-corrected chi connectivity index (χ3v) is 6.02. The van der Waals surface area contributed by atoms with Gasteiger partial charge in [-0.05, 0) is 49.5 Å². The minimum atomic E-state index is -0.0707. The second-order valence-electron chi connectivity index (χ2n) is 6.44. The van der Waals surface area contributed by atoms with Crippen LogP contribution in [0, 0.1) is 17.2 Å². The van der Waals surface area contributed by atoms with E-state index in [1.54, 1.807) is 18.3 Å². The van der Waals surface area contributed by atoms with Gasteiger partial charge in [-0.25, -0.2) is 4.98 Å². The first kappa shape index (κ1) is 15.3. The lowest BCUT2D eigenvalue weighted by atomic mass is 9.84. The first-order valence-electron chi connectivity index (χ1n) is 8.22. The van der Waals surface area contributed by atoms with E-state index in [9.17, 15) is 4.79 Å². The SMILES string of the molecule is N#Cc1ccc(-c2cnc(C(=O)NC3CN4CCC3CC4)s2)cc1. The van der Waals surface area contributed by atoms with Crippen molar-refractivity contribution >= 4 is 17.2 Å². The molecule has 2 bridgehead atoms. The number of nitrogens with one attached hydrogen (secondary N) is 1. The van der Waals surface area contributed by atoms with E-state index in [4.69, 9.17) is 5.26 Å². The summed E-state index contributed by atoms with van der Waals surface area (Å²) >= 11 is 1.40. The first-order chi connectivity index (χ1) is 11.7. The highest BCUT2D eigenvalue weighted by Gasteiger charge is 2.35. The van der Waals surface area contributed by atoms with Crippen molar-refractivity contribution in [3.63, 3.8) is 0 Å². The molecular formula is C18H18N4OS. The van der Waals surface area contributed by atoms with Gasteiger partial charge in [-0.2, -0.15) is 5.26 Å². The van der Waals surface area contributed by atoms with Gasteiger partial charge in [0.1, 0.15) is 0 Å². The summed E-state index contributed by atoms with van der Waals surface area (Å²) in [5.41, 5.74) is 1.61. The molecule has 0 aliphatic carbocycles. The van der Waals surface area contributed by atoms with Gasteiger partial charge in [0.15, 0.2) is 5.01 Å². The van der Waals surface area contributed by atoms with Gasteiger partial charge in [0, 0.05) is 18.8 Å². The summed E-state index contributed by atoms with van der Waals surface area (Å²) in [4.78, 5) is 20.2. The number of fused-ring (bicyclic) bond motifs is 3. The summed E-state index contributed by atoms with van der Waals surface area (Å²) in [6.07, 6.45) is 4.09. The molecule has 122 valence electrons. The van der Waals surface area contributed by atoms with Crippen molar-refractivity contribution in [3.05, 3.63) is 41.0 Å². The third kappa shape index (κ3) is 2.93. The largest absolute Gasteiger partial charge is 0.346 e. The molecular weight excluding hydrogens is 320 g/mol. The van der Waals surface area contributed by atoms with Crippen molar-refractivity contribution in [1.29, 1.82) is 5.26 Å². The van der Waals surface area contributed by atoms with Crippen LogP contribution in [0.25, 0.3) is 10.4 Å². The molecule has 5 rings (SSSR count). The zero-order chi connectivity index (χ0) is 16.5. The number of thiazole rings is 1. The molecule has 0 radical (unpaired) electrons. The summed E-state index contributed by atoms with van der Waals surface area (Å²) < 4.78 is 0. The minimum Gasteiger partial charge on any atom is -0.346 e. The van der Waals surface area contributed by atoms with Crippen LogP contribution in [0.15, 0.2) is 30.5 Å². The summed E-state index contributed by atoms with van der Waals surface area (Å²) in [6, 6.07) is 9.70. The summed E-state index contributed by atoms with van der Waals surface area (Å²) in [5.74, 6) is 0.538. The predicted octanol–water partition coefficient (Wildman–Crippen LogP) is 2.51. The Labute approximate surface area is 144 Å². The Bertz CT molecular complexity index is 784. The van der Waals surface area contributed by atoms with E-state index >= 15 is 0 Å². The molecule has 3 fully saturated rings. The van der Waals surface area contributed by atoms with E-state index in [0.717, 1.165) is 30.1 Å². The average molecular weight is 338 g/mol. The predicted molar refractivity (Wildman–Crippen MR) is 92.7 cm³/mol. The Morgan fingerprint density at radius 2 is 2.04 bits per heavy atom. The fourth-order valence-corrected chi connectivity index (χ4v) is 4.40. The minimum absolute atomic E-state index is 0.0707. The van der Waals surface area contributed by atoms with Crippen LogP contribution in [0.2, 0.25) is 0 Å². The highest BCUT2D eigenvalue weighted by molar-refractivity contribution is 7.16. The van der Waals surface area contributed by atoms with Gasteiger partial charge in [0.2, 0.25) is 0 Å². The van der Waals surface area contributed by atoms with Crippen molar-refractivity contribution in [2.45, 2.75) is 18.9 Å².